The van der Waals surface area contributed by atoms with Gasteiger partial charge < -0.3 is 15.3 Å². The number of thiazole rings is 1. The number of carbonyl (C=O) groups excluding carboxylic acids is 1. The number of hydrogen-bond acceptors (Lipinski definition) is 5. The summed E-state index contributed by atoms with van der Waals surface area (Å²) >= 11 is 7.92. The van der Waals surface area contributed by atoms with Crippen molar-refractivity contribution in [2.45, 2.75) is 31.8 Å². The molecule has 0 saturated heterocycles. The van der Waals surface area contributed by atoms with Crippen LogP contribution in [0.5, 0.6) is 0 Å². The van der Waals surface area contributed by atoms with Crippen LogP contribution in [0.3, 0.4) is 0 Å². The zero-order valence-corrected chi connectivity index (χ0v) is 24.9. The fourth-order valence-electron chi connectivity index (χ4n) is 5.47. The van der Waals surface area contributed by atoms with E-state index < -0.39 is 5.97 Å². The molecule has 0 saturated carbocycles. The first-order chi connectivity index (χ1) is 20.9. The molecule has 1 heterocycles. The van der Waals surface area contributed by atoms with E-state index >= 15 is 0 Å². The summed E-state index contributed by atoms with van der Waals surface area (Å²) in [6.45, 7) is 0.719. The number of carboxylic acids is 1. The first-order valence-corrected chi connectivity index (χ1v) is 15.4. The summed E-state index contributed by atoms with van der Waals surface area (Å²) in [5, 5.41) is 13.1. The maximum absolute atomic E-state index is 12.5. The Morgan fingerprint density at radius 1 is 0.860 bits per heavy atom. The molecule has 1 aliphatic rings. The maximum atomic E-state index is 12.5. The number of aromatic nitrogens is 1. The number of rotatable bonds is 10. The minimum atomic E-state index is -0.943. The number of aliphatic carboxylic acids is 1. The van der Waals surface area contributed by atoms with Crippen molar-refractivity contribution in [2.24, 2.45) is 0 Å². The molecule has 5 aromatic rings. The van der Waals surface area contributed by atoms with Crippen molar-refractivity contribution in [3.05, 3.63) is 130 Å². The number of hydrogen-bond donors (Lipinski definition) is 2. The van der Waals surface area contributed by atoms with Gasteiger partial charge in [-0.2, -0.15) is 0 Å². The summed E-state index contributed by atoms with van der Waals surface area (Å²) in [6, 6.07) is 34.5. The average molecular weight is 608 g/mol. The van der Waals surface area contributed by atoms with E-state index in [1.54, 1.807) is 23.5 Å². The Labute approximate surface area is 259 Å². The molecule has 6 nitrogen and oxygen atoms in total. The van der Waals surface area contributed by atoms with Gasteiger partial charge >= 0.3 is 5.97 Å². The van der Waals surface area contributed by atoms with Gasteiger partial charge in [-0.25, -0.2) is 4.98 Å². The van der Waals surface area contributed by atoms with E-state index in [0.717, 1.165) is 45.2 Å². The van der Waals surface area contributed by atoms with Crippen LogP contribution in [0.15, 0.2) is 103 Å². The Kier molecular flexibility index (Phi) is 8.54. The Balaban J connectivity index is 1.34. The first-order valence-electron chi connectivity index (χ1n) is 14.2. The molecule has 0 radical (unpaired) electrons. The van der Waals surface area contributed by atoms with Gasteiger partial charge in [-0.3, -0.25) is 9.59 Å². The van der Waals surface area contributed by atoms with Crippen molar-refractivity contribution in [3.8, 4) is 21.7 Å². The molecule has 0 fully saturated rings. The van der Waals surface area contributed by atoms with Crippen LogP contribution in [-0.2, 0) is 24.2 Å². The van der Waals surface area contributed by atoms with Crippen LogP contribution in [0.25, 0.3) is 21.7 Å². The third-order valence-corrected chi connectivity index (χ3v) is 9.07. The van der Waals surface area contributed by atoms with Crippen LogP contribution in [0.2, 0.25) is 5.02 Å². The zero-order chi connectivity index (χ0) is 29.8. The number of nitrogens with zero attached hydrogens (tertiary/aromatic N) is 2. The molecule has 43 heavy (non-hydrogen) atoms. The lowest BCUT2D eigenvalue weighted by molar-refractivity contribution is -0.136. The number of carboxylic acid groups (broad SMARTS) is 1. The van der Waals surface area contributed by atoms with Crippen molar-refractivity contribution < 1.29 is 14.7 Å². The van der Waals surface area contributed by atoms with Crippen LogP contribution in [0.1, 0.15) is 33.5 Å². The van der Waals surface area contributed by atoms with Crippen LogP contribution in [0.4, 0.5) is 5.13 Å². The number of amides is 1. The lowest BCUT2D eigenvalue weighted by Crippen LogP contribution is -2.35. The SMILES string of the molecule is O=C(O)CCNC(=O)c1ccc(CN(c2nc(-c3ccc(Cl)cc3)c(-c3ccccc3)s2)C2Cc3ccccc3C2)cc1. The van der Waals surface area contributed by atoms with E-state index in [-0.39, 0.29) is 24.9 Å². The highest BCUT2D eigenvalue weighted by atomic mass is 35.5. The molecule has 0 unspecified atom stereocenters. The van der Waals surface area contributed by atoms with Crippen molar-refractivity contribution >= 4 is 39.9 Å². The molecule has 1 amide bonds. The van der Waals surface area contributed by atoms with Crippen LogP contribution in [0, 0.1) is 0 Å². The lowest BCUT2D eigenvalue weighted by atomic mass is 10.1. The maximum Gasteiger partial charge on any atom is 0.305 e. The molecular weight excluding hydrogens is 578 g/mol. The molecule has 216 valence electrons. The van der Waals surface area contributed by atoms with E-state index in [4.69, 9.17) is 21.7 Å². The Hall–Kier alpha value is -4.46. The predicted molar refractivity (Wildman–Crippen MR) is 173 cm³/mol. The van der Waals surface area contributed by atoms with Gasteiger partial charge in [0.2, 0.25) is 0 Å². The van der Waals surface area contributed by atoms with Gasteiger partial charge in [-0.15, -0.1) is 0 Å². The fraction of sp³-hybridized carbons (Fsp3) is 0.171. The molecule has 0 atom stereocenters. The Morgan fingerprint density at radius 3 is 2.16 bits per heavy atom. The molecule has 0 spiro atoms. The quantitative estimate of drug-likeness (QED) is 0.172. The van der Waals surface area contributed by atoms with Crippen molar-refractivity contribution in [2.75, 3.05) is 11.4 Å². The summed E-state index contributed by atoms with van der Waals surface area (Å²) in [5.41, 5.74) is 7.34. The molecule has 1 aliphatic carbocycles. The Morgan fingerprint density at radius 2 is 1.51 bits per heavy atom. The monoisotopic (exact) mass is 607 g/mol. The van der Waals surface area contributed by atoms with E-state index in [1.165, 1.54) is 11.1 Å². The van der Waals surface area contributed by atoms with Crippen LogP contribution < -0.4 is 10.2 Å². The second-order valence-electron chi connectivity index (χ2n) is 10.6. The summed E-state index contributed by atoms with van der Waals surface area (Å²) in [5.74, 6) is -1.22. The lowest BCUT2D eigenvalue weighted by Gasteiger charge is -2.29. The molecule has 6 rings (SSSR count). The summed E-state index contributed by atoms with van der Waals surface area (Å²) < 4.78 is 0. The molecule has 1 aromatic heterocycles. The second-order valence-corrected chi connectivity index (χ2v) is 12.0. The fourth-order valence-corrected chi connectivity index (χ4v) is 6.76. The van der Waals surface area contributed by atoms with Gasteiger partial charge in [0.05, 0.1) is 17.0 Å². The number of carbonyl (C=O) groups is 2. The van der Waals surface area contributed by atoms with E-state index in [1.807, 2.05) is 54.6 Å². The smallest absolute Gasteiger partial charge is 0.305 e. The third-order valence-electron chi connectivity index (χ3n) is 7.68. The van der Waals surface area contributed by atoms with Gasteiger partial charge in [-0.05, 0) is 59.4 Å². The number of fused-ring (bicyclic) bond motifs is 1. The van der Waals surface area contributed by atoms with Crippen molar-refractivity contribution in [1.29, 1.82) is 0 Å². The number of anilines is 1. The van der Waals surface area contributed by atoms with Gasteiger partial charge in [0.1, 0.15) is 0 Å². The topological polar surface area (TPSA) is 82.5 Å². The number of nitrogens with one attached hydrogen (secondary N) is 1. The highest BCUT2D eigenvalue weighted by Gasteiger charge is 2.30. The van der Waals surface area contributed by atoms with Crippen molar-refractivity contribution in [1.82, 2.24) is 10.3 Å². The average Bonchev–Trinajstić information content (AvgIpc) is 3.66. The van der Waals surface area contributed by atoms with Gasteiger partial charge in [0.15, 0.2) is 5.13 Å². The highest BCUT2D eigenvalue weighted by molar-refractivity contribution is 7.19. The van der Waals surface area contributed by atoms with Crippen LogP contribution in [-0.4, -0.2) is 34.6 Å². The summed E-state index contributed by atoms with van der Waals surface area (Å²) in [7, 11) is 0. The zero-order valence-electron chi connectivity index (χ0n) is 23.4. The molecular formula is C35H30ClN3O3S. The van der Waals surface area contributed by atoms with E-state index in [9.17, 15) is 9.59 Å². The van der Waals surface area contributed by atoms with Gasteiger partial charge in [0.25, 0.3) is 5.91 Å². The molecule has 2 N–H and O–H groups in total. The standard InChI is InChI=1S/C35H30ClN3O3S/c36-29-16-14-24(15-17-29)32-33(25-6-2-1-3-7-25)43-35(38-32)39(30-20-27-8-4-5-9-28(27)21-30)22-23-10-12-26(13-11-23)34(42)37-19-18-31(40)41/h1-17,30H,18-22H2,(H,37,42)(H,40,41). The molecule has 0 bridgehead atoms. The molecule has 0 aliphatic heterocycles. The predicted octanol–water partition coefficient (Wildman–Crippen LogP) is 7.51. The highest BCUT2D eigenvalue weighted by Crippen LogP contribution is 2.42. The molecule has 8 heteroatoms. The largest absolute Gasteiger partial charge is 0.481 e. The number of benzene rings is 4. The summed E-state index contributed by atoms with van der Waals surface area (Å²) in [6.07, 6.45) is 1.74. The van der Waals surface area contributed by atoms with Crippen molar-refractivity contribution in [3.63, 3.8) is 0 Å². The van der Waals surface area contributed by atoms with Gasteiger partial charge in [0, 0.05) is 35.3 Å². The summed E-state index contributed by atoms with van der Waals surface area (Å²) in [4.78, 5) is 32.1. The Bertz CT molecular complexity index is 1710. The molecule has 4 aromatic carbocycles. The second kappa shape index (κ2) is 12.8. The van der Waals surface area contributed by atoms with E-state index in [0.29, 0.717) is 17.1 Å². The minimum Gasteiger partial charge on any atom is -0.481 e. The van der Waals surface area contributed by atoms with Crippen LogP contribution >= 0.6 is 22.9 Å². The van der Waals surface area contributed by atoms with Gasteiger partial charge in [-0.1, -0.05) is 102 Å². The van der Waals surface area contributed by atoms with E-state index in [2.05, 4.69) is 46.6 Å². The normalized spacial score (nSPS) is 12.6. The number of halogens is 1. The first kappa shape index (κ1) is 28.6. The minimum absolute atomic E-state index is 0.0929. The third kappa shape index (κ3) is 6.63.